The van der Waals surface area contributed by atoms with E-state index in [1.165, 1.54) is 11.1 Å². The fraction of sp³-hybridized carbons (Fsp3) is 0.625. The molecule has 2 unspecified atom stereocenters. The molecule has 0 saturated carbocycles. The van der Waals surface area contributed by atoms with Crippen LogP contribution < -0.4 is 10.1 Å². The van der Waals surface area contributed by atoms with Gasteiger partial charge < -0.3 is 14.8 Å². The van der Waals surface area contributed by atoms with Crippen molar-refractivity contribution in [2.24, 2.45) is 0 Å². The summed E-state index contributed by atoms with van der Waals surface area (Å²) in [5.74, 6) is 0.943. The SMILES string of the molecule is COc1cc(C)c(C2OCC(C)(C)NC2C)cc1C. The highest BCUT2D eigenvalue weighted by molar-refractivity contribution is 5.43. The Bertz CT molecular complexity index is 468. The van der Waals surface area contributed by atoms with Gasteiger partial charge in [0.25, 0.3) is 0 Å². The van der Waals surface area contributed by atoms with Gasteiger partial charge in [-0.05, 0) is 63.4 Å². The number of aryl methyl sites for hydroxylation is 2. The van der Waals surface area contributed by atoms with Crippen LogP contribution in [0.2, 0.25) is 0 Å². The Morgan fingerprint density at radius 2 is 1.95 bits per heavy atom. The summed E-state index contributed by atoms with van der Waals surface area (Å²) in [4.78, 5) is 0. The van der Waals surface area contributed by atoms with Crippen LogP contribution in [0.25, 0.3) is 0 Å². The summed E-state index contributed by atoms with van der Waals surface area (Å²) in [6, 6.07) is 4.59. The monoisotopic (exact) mass is 263 g/mol. The first-order valence-corrected chi connectivity index (χ1v) is 6.88. The predicted molar refractivity (Wildman–Crippen MR) is 77.8 cm³/mol. The molecular weight excluding hydrogens is 238 g/mol. The van der Waals surface area contributed by atoms with Crippen LogP contribution in [-0.2, 0) is 4.74 Å². The topological polar surface area (TPSA) is 30.5 Å². The van der Waals surface area contributed by atoms with Gasteiger partial charge in [-0.3, -0.25) is 0 Å². The molecule has 0 aromatic heterocycles. The molecule has 1 aliphatic heterocycles. The van der Waals surface area contributed by atoms with E-state index < -0.39 is 0 Å². The van der Waals surface area contributed by atoms with E-state index in [9.17, 15) is 0 Å². The Morgan fingerprint density at radius 3 is 2.53 bits per heavy atom. The molecule has 0 aliphatic carbocycles. The van der Waals surface area contributed by atoms with Crippen LogP contribution >= 0.6 is 0 Å². The van der Waals surface area contributed by atoms with Crippen molar-refractivity contribution in [2.45, 2.75) is 52.3 Å². The number of hydrogen-bond donors (Lipinski definition) is 1. The maximum atomic E-state index is 6.10. The largest absolute Gasteiger partial charge is 0.496 e. The average Bonchev–Trinajstić information content (AvgIpc) is 2.31. The lowest BCUT2D eigenvalue weighted by molar-refractivity contribution is -0.0498. The van der Waals surface area contributed by atoms with Crippen LogP contribution in [0.15, 0.2) is 12.1 Å². The van der Waals surface area contributed by atoms with Crippen molar-refractivity contribution in [1.82, 2.24) is 5.32 Å². The highest BCUT2D eigenvalue weighted by atomic mass is 16.5. The standard InChI is InChI=1S/C16H25NO2/c1-10-8-14(18-6)11(2)7-13(10)15-12(3)17-16(4,5)9-19-15/h7-8,12,15,17H,9H2,1-6H3. The molecule has 19 heavy (non-hydrogen) atoms. The van der Waals surface area contributed by atoms with E-state index >= 15 is 0 Å². The molecule has 2 rings (SSSR count). The van der Waals surface area contributed by atoms with E-state index in [0.717, 1.165) is 17.9 Å². The summed E-state index contributed by atoms with van der Waals surface area (Å²) in [5, 5.41) is 3.62. The van der Waals surface area contributed by atoms with Gasteiger partial charge in [0.2, 0.25) is 0 Å². The number of rotatable bonds is 2. The number of ether oxygens (including phenoxy) is 2. The maximum absolute atomic E-state index is 6.10. The molecule has 1 fully saturated rings. The zero-order chi connectivity index (χ0) is 14.2. The first-order chi connectivity index (χ1) is 8.84. The third-order valence-corrected chi connectivity index (χ3v) is 3.79. The molecule has 0 bridgehead atoms. The predicted octanol–water partition coefficient (Wildman–Crippen LogP) is 3.14. The van der Waals surface area contributed by atoms with Gasteiger partial charge in [-0.15, -0.1) is 0 Å². The molecule has 2 atom stereocenters. The van der Waals surface area contributed by atoms with Crippen molar-refractivity contribution in [2.75, 3.05) is 13.7 Å². The highest BCUT2D eigenvalue weighted by Crippen LogP contribution is 2.33. The Kier molecular flexibility index (Phi) is 3.88. The Morgan fingerprint density at radius 1 is 1.26 bits per heavy atom. The number of benzene rings is 1. The summed E-state index contributed by atoms with van der Waals surface area (Å²) in [5.41, 5.74) is 3.68. The van der Waals surface area contributed by atoms with Crippen LogP contribution in [0.5, 0.6) is 5.75 Å². The van der Waals surface area contributed by atoms with Gasteiger partial charge in [0.05, 0.1) is 19.8 Å². The Hall–Kier alpha value is -1.06. The lowest BCUT2D eigenvalue weighted by Gasteiger charge is -2.41. The quantitative estimate of drug-likeness (QED) is 0.889. The van der Waals surface area contributed by atoms with Gasteiger partial charge >= 0.3 is 0 Å². The lowest BCUT2D eigenvalue weighted by Crippen LogP contribution is -2.55. The minimum atomic E-state index is 0.0470. The minimum Gasteiger partial charge on any atom is -0.496 e. The molecule has 1 N–H and O–H groups in total. The summed E-state index contributed by atoms with van der Waals surface area (Å²) >= 11 is 0. The fourth-order valence-corrected chi connectivity index (χ4v) is 2.87. The average molecular weight is 263 g/mol. The molecule has 3 heteroatoms. The number of methoxy groups -OCH3 is 1. The van der Waals surface area contributed by atoms with Crippen LogP contribution in [-0.4, -0.2) is 25.3 Å². The van der Waals surface area contributed by atoms with Crippen molar-refractivity contribution < 1.29 is 9.47 Å². The van der Waals surface area contributed by atoms with E-state index in [4.69, 9.17) is 9.47 Å². The van der Waals surface area contributed by atoms with Crippen molar-refractivity contribution in [3.8, 4) is 5.75 Å². The minimum absolute atomic E-state index is 0.0470. The third kappa shape index (κ3) is 2.93. The van der Waals surface area contributed by atoms with Gasteiger partial charge in [-0.1, -0.05) is 0 Å². The Labute approximate surface area is 116 Å². The molecule has 1 aliphatic rings. The summed E-state index contributed by atoms with van der Waals surface area (Å²) in [7, 11) is 1.71. The molecule has 0 radical (unpaired) electrons. The molecule has 1 aromatic carbocycles. The van der Waals surface area contributed by atoms with Crippen LogP contribution in [0.1, 0.15) is 43.6 Å². The summed E-state index contributed by atoms with van der Waals surface area (Å²) < 4.78 is 11.5. The molecule has 0 spiro atoms. The molecule has 1 aromatic rings. The smallest absolute Gasteiger partial charge is 0.122 e. The number of hydrogen-bond acceptors (Lipinski definition) is 3. The van der Waals surface area contributed by atoms with Gasteiger partial charge in [0.1, 0.15) is 5.75 Å². The van der Waals surface area contributed by atoms with E-state index in [0.29, 0.717) is 6.04 Å². The van der Waals surface area contributed by atoms with Gasteiger partial charge in [0, 0.05) is 11.6 Å². The maximum Gasteiger partial charge on any atom is 0.122 e. The fourth-order valence-electron chi connectivity index (χ4n) is 2.87. The third-order valence-electron chi connectivity index (χ3n) is 3.79. The van der Waals surface area contributed by atoms with Crippen LogP contribution in [0.4, 0.5) is 0 Å². The van der Waals surface area contributed by atoms with Crippen molar-refractivity contribution in [3.63, 3.8) is 0 Å². The number of morpholine rings is 1. The van der Waals surface area contributed by atoms with Crippen molar-refractivity contribution in [1.29, 1.82) is 0 Å². The molecule has 3 nitrogen and oxygen atoms in total. The second-order valence-electron chi connectivity index (χ2n) is 6.23. The van der Waals surface area contributed by atoms with E-state index in [2.05, 4.69) is 52.1 Å². The highest BCUT2D eigenvalue weighted by Gasteiger charge is 2.34. The normalized spacial score (nSPS) is 26.2. The number of nitrogens with one attached hydrogen (secondary N) is 1. The lowest BCUT2D eigenvalue weighted by atomic mass is 9.92. The zero-order valence-electron chi connectivity index (χ0n) is 12.8. The molecule has 1 saturated heterocycles. The molecular formula is C16H25NO2. The van der Waals surface area contributed by atoms with Crippen LogP contribution in [0, 0.1) is 13.8 Å². The zero-order valence-corrected chi connectivity index (χ0v) is 12.8. The van der Waals surface area contributed by atoms with E-state index in [1.807, 2.05) is 0 Å². The van der Waals surface area contributed by atoms with Gasteiger partial charge in [-0.2, -0.15) is 0 Å². The van der Waals surface area contributed by atoms with Crippen LogP contribution in [0.3, 0.4) is 0 Å². The molecule has 0 amide bonds. The summed E-state index contributed by atoms with van der Waals surface area (Å²) in [6.07, 6.45) is 0.109. The Balaban J connectivity index is 2.30. The first kappa shape index (κ1) is 14.4. The van der Waals surface area contributed by atoms with Gasteiger partial charge in [0.15, 0.2) is 0 Å². The molecule has 1 heterocycles. The molecule has 106 valence electrons. The van der Waals surface area contributed by atoms with Crippen molar-refractivity contribution in [3.05, 3.63) is 28.8 Å². The second kappa shape index (κ2) is 5.14. The van der Waals surface area contributed by atoms with Gasteiger partial charge in [-0.25, -0.2) is 0 Å². The van der Waals surface area contributed by atoms with E-state index in [1.54, 1.807) is 7.11 Å². The first-order valence-electron chi connectivity index (χ1n) is 6.88. The van der Waals surface area contributed by atoms with E-state index in [-0.39, 0.29) is 11.6 Å². The summed E-state index contributed by atoms with van der Waals surface area (Å²) in [6.45, 7) is 11.5. The second-order valence-corrected chi connectivity index (χ2v) is 6.23. The van der Waals surface area contributed by atoms with Crippen molar-refractivity contribution >= 4 is 0 Å².